The van der Waals surface area contributed by atoms with Crippen LogP contribution in [0.15, 0.2) is 51.4 Å². The zero-order chi connectivity index (χ0) is 14.8. The van der Waals surface area contributed by atoms with Gasteiger partial charge in [-0.2, -0.15) is 0 Å². The molecule has 0 aromatic heterocycles. The summed E-state index contributed by atoms with van der Waals surface area (Å²) in [6.07, 6.45) is 1.21. The predicted octanol–water partition coefficient (Wildman–Crippen LogP) is 4.91. The highest BCUT2D eigenvalue weighted by Crippen LogP contribution is 2.34. The van der Waals surface area contributed by atoms with Crippen LogP contribution in [0, 0.1) is 0 Å². The molecule has 0 bridgehead atoms. The lowest BCUT2D eigenvalue weighted by Crippen LogP contribution is -2.19. The Morgan fingerprint density at radius 1 is 1.10 bits per heavy atom. The Kier molecular flexibility index (Phi) is 4.67. The first kappa shape index (κ1) is 15.1. The fourth-order valence-electron chi connectivity index (χ4n) is 2.94. The van der Waals surface area contributed by atoms with Gasteiger partial charge in [-0.25, -0.2) is 0 Å². The first-order chi connectivity index (χ1) is 10.1. The lowest BCUT2D eigenvalue weighted by Gasteiger charge is -2.17. The van der Waals surface area contributed by atoms with Crippen LogP contribution in [0.2, 0.25) is 0 Å². The molecule has 2 aromatic carbocycles. The number of phenols is 1. The molecule has 110 valence electrons. The van der Waals surface area contributed by atoms with Crippen molar-refractivity contribution in [3.63, 3.8) is 0 Å². The molecular weight excluding hydrogens is 394 g/mol. The first-order valence-corrected chi connectivity index (χ1v) is 8.66. The van der Waals surface area contributed by atoms with Crippen molar-refractivity contribution >= 4 is 31.9 Å². The molecular formula is C17H17Br2NO. The minimum Gasteiger partial charge on any atom is -0.506 e. The lowest BCUT2D eigenvalue weighted by atomic mass is 9.99. The molecule has 1 unspecified atom stereocenters. The molecule has 0 radical (unpaired) electrons. The van der Waals surface area contributed by atoms with Gasteiger partial charge in [-0.1, -0.05) is 30.3 Å². The van der Waals surface area contributed by atoms with Crippen molar-refractivity contribution in [2.24, 2.45) is 0 Å². The van der Waals surface area contributed by atoms with Gasteiger partial charge in [0.1, 0.15) is 5.75 Å². The third-order valence-corrected chi connectivity index (χ3v) is 5.24. The van der Waals surface area contributed by atoms with Crippen LogP contribution in [-0.2, 0) is 6.54 Å². The largest absolute Gasteiger partial charge is 0.506 e. The summed E-state index contributed by atoms with van der Waals surface area (Å²) in [4.78, 5) is 2.48. The topological polar surface area (TPSA) is 23.5 Å². The Morgan fingerprint density at radius 2 is 1.76 bits per heavy atom. The monoisotopic (exact) mass is 409 g/mol. The van der Waals surface area contributed by atoms with Crippen molar-refractivity contribution < 1.29 is 5.11 Å². The fourth-order valence-corrected chi connectivity index (χ4v) is 4.22. The minimum atomic E-state index is 0.266. The molecule has 21 heavy (non-hydrogen) atoms. The van der Waals surface area contributed by atoms with Crippen molar-refractivity contribution in [3.05, 3.63) is 62.5 Å². The maximum atomic E-state index is 9.77. The molecule has 0 amide bonds. The van der Waals surface area contributed by atoms with Crippen molar-refractivity contribution in [1.29, 1.82) is 0 Å². The molecule has 1 N–H and O–H groups in total. The molecule has 1 heterocycles. The van der Waals surface area contributed by atoms with E-state index in [4.69, 9.17) is 0 Å². The molecule has 1 fully saturated rings. The van der Waals surface area contributed by atoms with Gasteiger partial charge in [0.25, 0.3) is 0 Å². The number of halogens is 2. The zero-order valence-corrected chi connectivity index (χ0v) is 14.8. The maximum Gasteiger partial charge on any atom is 0.143 e. The third kappa shape index (κ3) is 3.50. The summed E-state index contributed by atoms with van der Waals surface area (Å²) in [6, 6.07) is 14.7. The molecule has 3 rings (SSSR count). The van der Waals surface area contributed by atoms with E-state index in [1.807, 2.05) is 12.1 Å². The number of phenolic OH excluding ortho intramolecular Hbond substituents is 1. The summed E-state index contributed by atoms with van der Waals surface area (Å²) >= 11 is 6.79. The van der Waals surface area contributed by atoms with E-state index >= 15 is 0 Å². The van der Waals surface area contributed by atoms with E-state index in [1.54, 1.807) is 0 Å². The number of nitrogens with zero attached hydrogens (tertiary/aromatic N) is 1. The van der Waals surface area contributed by atoms with Gasteiger partial charge in [0.2, 0.25) is 0 Å². The van der Waals surface area contributed by atoms with Crippen molar-refractivity contribution in [1.82, 2.24) is 4.90 Å². The standard InChI is InChI=1S/C17H17Br2NO/c18-15-8-12(9-16(19)17(15)21)10-20-7-6-14(11-20)13-4-2-1-3-5-13/h1-5,8-9,14,21H,6-7,10-11H2. The Labute approximate surface area is 142 Å². The molecule has 4 heteroatoms. The van der Waals surface area contributed by atoms with Gasteiger partial charge in [0, 0.05) is 13.1 Å². The van der Waals surface area contributed by atoms with Gasteiger partial charge in [-0.15, -0.1) is 0 Å². The molecule has 0 spiro atoms. The van der Waals surface area contributed by atoms with Crippen LogP contribution in [0.3, 0.4) is 0 Å². The van der Waals surface area contributed by atoms with Crippen LogP contribution in [0.1, 0.15) is 23.5 Å². The van der Waals surface area contributed by atoms with E-state index in [0.29, 0.717) is 5.92 Å². The van der Waals surface area contributed by atoms with Crippen molar-refractivity contribution in [3.8, 4) is 5.75 Å². The molecule has 1 saturated heterocycles. The summed E-state index contributed by atoms with van der Waals surface area (Å²) in [5.74, 6) is 0.900. The first-order valence-electron chi connectivity index (χ1n) is 7.07. The second-order valence-electron chi connectivity index (χ2n) is 5.54. The summed E-state index contributed by atoms with van der Waals surface area (Å²) < 4.78 is 1.48. The van der Waals surface area contributed by atoms with E-state index in [1.165, 1.54) is 17.5 Å². The Bertz CT molecular complexity index is 607. The highest BCUT2D eigenvalue weighted by atomic mass is 79.9. The number of likely N-dealkylation sites (tertiary alicyclic amines) is 1. The Balaban J connectivity index is 1.68. The number of hydrogen-bond donors (Lipinski definition) is 1. The van der Waals surface area contributed by atoms with Gasteiger partial charge in [0.15, 0.2) is 0 Å². The molecule has 0 aliphatic carbocycles. The maximum absolute atomic E-state index is 9.77. The Hall–Kier alpha value is -0.840. The fraction of sp³-hybridized carbons (Fsp3) is 0.294. The van der Waals surface area contributed by atoms with Crippen LogP contribution in [0.25, 0.3) is 0 Å². The molecule has 1 atom stereocenters. The minimum absolute atomic E-state index is 0.266. The van der Waals surface area contributed by atoms with Gasteiger partial charge < -0.3 is 5.11 Å². The van der Waals surface area contributed by atoms with Crippen LogP contribution < -0.4 is 0 Å². The SMILES string of the molecule is Oc1c(Br)cc(CN2CCC(c3ccccc3)C2)cc1Br. The zero-order valence-electron chi connectivity index (χ0n) is 11.6. The highest BCUT2D eigenvalue weighted by Gasteiger charge is 2.23. The Morgan fingerprint density at radius 3 is 2.43 bits per heavy atom. The summed E-state index contributed by atoms with van der Waals surface area (Å²) in [5.41, 5.74) is 2.65. The van der Waals surface area contributed by atoms with E-state index < -0.39 is 0 Å². The third-order valence-electron chi connectivity index (χ3n) is 4.03. The second-order valence-corrected chi connectivity index (χ2v) is 7.25. The number of benzene rings is 2. The number of rotatable bonds is 3. The summed E-state index contributed by atoms with van der Waals surface area (Å²) in [5, 5.41) is 9.77. The normalized spacial score (nSPS) is 19.0. The predicted molar refractivity (Wildman–Crippen MR) is 92.6 cm³/mol. The van der Waals surface area contributed by atoms with Gasteiger partial charge in [-0.05, 0) is 74.0 Å². The average Bonchev–Trinajstić information content (AvgIpc) is 2.94. The summed E-state index contributed by atoms with van der Waals surface area (Å²) in [7, 11) is 0. The molecule has 2 nitrogen and oxygen atoms in total. The van der Waals surface area contributed by atoms with Crippen molar-refractivity contribution in [2.75, 3.05) is 13.1 Å². The quantitative estimate of drug-likeness (QED) is 0.777. The van der Waals surface area contributed by atoms with E-state index in [-0.39, 0.29) is 5.75 Å². The number of hydrogen-bond acceptors (Lipinski definition) is 2. The van der Waals surface area contributed by atoms with Gasteiger partial charge in [-0.3, -0.25) is 4.90 Å². The van der Waals surface area contributed by atoms with E-state index in [2.05, 4.69) is 67.1 Å². The van der Waals surface area contributed by atoms with Crippen LogP contribution in [-0.4, -0.2) is 23.1 Å². The highest BCUT2D eigenvalue weighted by molar-refractivity contribution is 9.11. The second kappa shape index (κ2) is 6.51. The van der Waals surface area contributed by atoms with Gasteiger partial charge in [0.05, 0.1) is 8.95 Å². The van der Waals surface area contributed by atoms with Crippen LogP contribution in [0.5, 0.6) is 5.75 Å². The van der Waals surface area contributed by atoms with Crippen LogP contribution in [0.4, 0.5) is 0 Å². The molecule has 0 saturated carbocycles. The molecule has 1 aliphatic heterocycles. The number of aromatic hydroxyl groups is 1. The van der Waals surface area contributed by atoms with Gasteiger partial charge >= 0.3 is 0 Å². The molecule has 2 aromatic rings. The molecule has 1 aliphatic rings. The van der Waals surface area contributed by atoms with E-state index in [0.717, 1.165) is 28.6 Å². The lowest BCUT2D eigenvalue weighted by molar-refractivity contribution is 0.326. The summed E-state index contributed by atoms with van der Waals surface area (Å²) in [6.45, 7) is 3.14. The van der Waals surface area contributed by atoms with Crippen molar-refractivity contribution in [2.45, 2.75) is 18.9 Å². The average molecular weight is 411 g/mol. The van der Waals surface area contributed by atoms with Crippen LogP contribution >= 0.6 is 31.9 Å². The smallest absolute Gasteiger partial charge is 0.143 e. The van der Waals surface area contributed by atoms with E-state index in [9.17, 15) is 5.11 Å².